The highest BCUT2D eigenvalue weighted by Gasteiger charge is 2.21. The van der Waals surface area contributed by atoms with Crippen LogP contribution in [0.25, 0.3) is 0 Å². The summed E-state index contributed by atoms with van der Waals surface area (Å²) in [5.41, 5.74) is 6.58. The molecule has 0 bridgehead atoms. The number of Topliss-reactive ketones (excluding diaryl/α,β-unsaturated/α-hetero) is 1. The molecule has 4 heteroatoms. The van der Waals surface area contributed by atoms with E-state index in [4.69, 9.17) is 17.3 Å². The van der Waals surface area contributed by atoms with Crippen LogP contribution in [-0.4, -0.2) is 23.5 Å². The second-order valence-electron chi connectivity index (χ2n) is 3.24. The summed E-state index contributed by atoms with van der Waals surface area (Å²) < 4.78 is 0. The van der Waals surface area contributed by atoms with Crippen LogP contribution in [-0.2, 0) is 16.0 Å². The maximum absolute atomic E-state index is 11.4. The number of alkyl halides is 1. The number of benzene rings is 1. The smallest absolute Gasteiger partial charge is 0.174 e. The highest BCUT2D eigenvalue weighted by atomic mass is 35.5. The Kier molecular flexibility index (Phi) is 4.46. The normalized spacial score (nSPS) is 14.3. The molecule has 3 nitrogen and oxygen atoms in total. The van der Waals surface area contributed by atoms with Crippen LogP contribution in [0.15, 0.2) is 30.3 Å². The van der Waals surface area contributed by atoms with E-state index in [2.05, 4.69) is 0 Å². The van der Waals surface area contributed by atoms with Crippen molar-refractivity contribution < 1.29 is 9.59 Å². The molecule has 0 radical (unpaired) electrons. The molecule has 0 amide bonds. The van der Waals surface area contributed by atoms with Gasteiger partial charge >= 0.3 is 0 Å². The Morgan fingerprint density at radius 3 is 2.53 bits per heavy atom. The zero-order valence-corrected chi connectivity index (χ0v) is 8.85. The van der Waals surface area contributed by atoms with Crippen molar-refractivity contribution in [3.63, 3.8) is 0 Å². The summed E-state index contributed by atoms with van der Waals surface area (Å²) in [5.74, 6) is -0.435. The molecule has 1 unspecified atom stereocenters. The summed E-state index contributed by atoms with van der Waals surface area (Å²) in [6.07, 6.45) is 0.797. The van der Waals surface area contributed by atoms with Crippen LogP contribution < -0.4 is 5.73 Å². The Bertz CT molecular complexity index is 340. The van der Waals surface area contributed by atoms with Crippen molar-refractivity contribution in [1.29, 1.82) is 0 Å². The largest absolute Gasteiger partial charge is 0.321 e. The number of rotatable bonds is 5. The molecular formula is C11H12ClNO2. The minimum Gasteiger partial charge on any atom is -0.321 e. The summed E-state index contributed by atoms with van der Waals surface area (Å²) >= 11 is 5.48. The van der Waals surface area contributed by atoms with E-state index in [1.807, 2.05) is 30.3 Å². The van der Waals surface area contributed by atoms with Crippen molar-refractivity contribution in [2.75, 3.05) is 0 Å². The van der Waals surface area contributed by atoms with Gasteiger partial charge in [0, 0.05) is 0 Å². The van der Waals surface area contributed by atoms with Gasteiger partial charge in [-0.1, -0.05) is 30.3 Å². The molecule has 0 heterocycles. The average Bonchev–Trinajstić information content (AvgIpc) is 2.28. The first kappa shape index (κ1) is 11.9. The maximum Gasteiger partial charge on any atom is 0.174 e. The van der Waals surface area contributed by atoms with Crippen molar-refractivity contribution >= 4 is 23.7 Å². The van der Waals surface area contributed by atoms with Gasteiger partial charge < -0.3 is 10.5 Å². The van der Waals surface area contributed by atoms with Gasteiger partial charge in [-0.15, -0.1) is 11.6 Å². The SMILES string of the molecule is N[C@@H](Cc1ccccc1)C(=O)C(Cl)C=O. The van der Waals surface area contributed by atoms with E-state index in [0.29, 0.717) is 12.7 Å². The first-order chi connectivity index (χ1) is 7.15. The third-order valence-electron chi connectivity index (χ3n) is 2.06. The van der Waals surface area contributed by atoms with E-state index in [-0.39, 0.29) is 0 Å². The molecule has 0 aliphatic carbocycles. The Labute approximate surface area is 93.2 Å². The molecule has 2 atom stereocenters. The lowest BCUT2D eigenvalue weighted by molar-refractivity contribution is -0.122. The number of aldehydes is 1. The molecule has 0 saturated heterocycles. The van der Waals surface area contributed by atoms with E-state index in [1.54, 1.807) is 0 Å². The van der Waals surface area contributed by atoms with Gasteiger partial charge in [-0.3, -0.25) is 4.79 Å². The predicted octanol–water partition coefficient (Wildman–Crippen LogP) is 0.932. The molecule has 0 aromatic heterocycles. The van der Waals surface area contributed by atoms with Crippen LogP contribution in [0.3, 0.4) is 0 Å². The van der Waals surface area contributed by atoms with Gasteiger partial charge in [0.1, 0.15) is 11.7 Å². The third-order valence-corrected chi connectivity index (χ3v) is 2.37. The number of carbonyl (C=O) groups is 2. The van der Waals surface area contributed by atoms with E-state index in [9.17, 15) is 9.59 Å². The van der Waals surface area contributed by atoms with Crippen molar-refractivity contribution in [2.45, 2.75) is 17.8 Å². The molecule has 0 spiro atoms. The van der Waals surface area contributed by atoms with Gasteiger partial charge in [0.2, 0.25) is 0 Å². The van der Waals surface area contributed by atoms with Gasteiger partial charge in [0.25, 0.3) is 0 Å². The number of carbonyl (C=O) groups excluding carboxylic acids is 2. The van der Waals surface area contributed by atoms with Crippen LogP contribution in [0.5, 0.6) is 0 Å². The highest BCUT2D eigenvalue weighted by Crippen LogP contribution is 2.05. The Hall–Kier alpha value is -1.19. The molecule has 80 valence electrons. The molecule has 2 N–H and O–H groups in total. The lowest BCUT2D eigenvalue weighted by Gasteiger charge is -2.10. The quantitative estimate of drug-likeness (QED) is 0.461. The van der Waals surface area contributed by atoms with Crippen molar-refractivity contribution in [1.82, 2.24) is 0 Å². The van der Waals surface area contributed by atoms with E-state index in [1.165, 1.54) is 0 Å². The van der Waals surface area contributed by atoms with Gasteiger partial charge in [-0.2, -0.15) is 0 Å². The summed E-state index contributed by atoms with van der Waals surface area (Å²) in [5, 5.41) is -1.14. The lowest BCUT2D eigenvalue weighted by Crippen LogP contribution is -2.38. The topological polar surface area (TPSA) is 60.2 Å². The van der Waals surface area contributed by atoms with Gasteiger partial charge in [-0.25, -0.2) is 0 Å². The van der Waals surface area contributed by atoms with Crippen LogP contribution in [0.4, 0.5) is 0 Å². The molecular weight excluding hydrogens is 214 g/mol. The number of hydrogen-bond acceptors (Lipinski definition) is 3. The monoisotopic (exact) mass is 225 g/mol. The van der Waals surface area contributed by atoms with E-state index in [0.717, 1.165) is 5.56 Å². The summed E-state index contributed by atoms with van der Waals surface area (Å²) in [6, 6.07) is 8.64. The molecule has 0 fully saturated rings. The molecule has 1 rings (SSSR count). The second-order valence-corrected chi connectivity index (χ2v) is 3.71. The number of ketones is 1. The molecule has 1 aromatic carbocycles. The van der Waals surface area contributed by atoms with Crippen molar-refractivity contribution in [3.05, 3.63) is 35.9 Å². The molecule has 15 heavy (non-hydrogen) atoms. The van der Waals surface area contributed by atoms with Gasteiger partial charge in [0.15, 0.2) is 5.78 Å². The van der Waals surface area contributed by atoms with Gasteiger partial charge in [-0.05, 0) is 12.0 Å². The Morgan fingerprint density at radius 2 is 2.00 bits per heavy atom. The Balaban J connectivity index is 2.60. The summed E-state index contributed by atoms with van der Waals surface area (Å²) in [6.45, 7) is 0. The number of hydrogen-bond donors (Lipinski definition) is 1. The number of halogens is 1. The van der Waals surface area contributed by atoms with E-state index >= 15 is 0 Å². The first-order valence-electron chi connectivity index (χ1n) is 4.57. The van der Waals surface area contributed by atoms with Crippen LogP contribution in [0.1, 0.15) is 5.56 Å². The van der Waals surface area contributed by atoms with Gasteiger partial charge in [0.05, 0.1) is 6.04 Å². The lowest BCUT2D eigenvalue weighted by atomic mass is 10.0. The fourth-order valence-corrected chi connectivity index (χ4v) is 1.40. The number of nitrogens with two attached hydrogens (primary N) is 1. The van der Waals surface area contributed by atoms with Crippen LogP contribution in [0.2, 0.25) is 0 Å². The fraction of sp³-hybridized carbons (Fsp3) is 0.273. The molecule has 0 aliphatic rings. The fourth-order valence-electron chi connectivity index (χ4n) is 1.24. The molecule has 0 aliphatic heterocycles. The summed E-state index contributed by atoms with van der Waals surface area (Å²) in [7, 11) is 0. The zero-order chi connectivity index (χ0) is 11.3. The summed E-state index contributed by atoms with van der Waals surface area (Å²) in [4.78, 5) is 21.7. The second kappa shape index (κ2) is 5.63. The highest BCUT2D eigenvalue weighted by molar-refractivity contribution is 6.39. The minimum atomic E-state index is -1.14. The zero-order valence-electron chi connectivity index (χ0n) is 8.10. The molecule has 0 saturated carbocycles. The average molecular weight is 226 g/mol. The first-order valence-corrected chi connectivity index (χ1v) is 5.01. The van der Waals surface area contributed by atoms with Crippen LogP contribution in [0, 0.1) is 0 Å². The molecule has 1 aromatic rings. The maximum atomic E-state index is 11.4. The van der Waals surface area contributed by atoms with Crippen LogP contribution >= 0.6 is 11.6 Å². The van der Waals surface area contributed by atoms with E-state index < -0.39 is 17.2 Å². The Morgan fingerprint density at radius 1 is 1.40 bits per heavy atom. The third kappa shape index (κ3) is 3.46. The van der Waals surface area contributed by atoms with Crippen molar-refractivity contribution in [2.24, 2.45) is 5.73 Å². The predicted molar refractivity (Wildman–Crippen MR) is 58.8 cm³/mol. The minimum absolute atomic E-state index is 0.398. The standard InChI is InChI=1S/C11H12ClNO2/c12-9(7-14)11(15)10(13)6-8-4-2-1-3-5-8/h1-5,7,9-10H,6,13H2/t9?,10-/m0/s1. The van der Waals surface area contributed by atoms with Crippen molar-refractivity contribution in [3.8, 4) is 0 Å².